The molecule has 0 radical (unpaired) electrons. The molecule has 0 amide bonds. The molecule has 1 fully saturated rings. The molecular formula is C26H29ClN2O4. The van der Waals surface area contributed by atoms with E-state index < -0.39 is 12.1 Å². The van der Waals surface area contributed by atoms with Gasteiger partial charge in [-0.25, -0.2) is 0 Å². The first-order chi connectivity index (χ1) is 15.8. The number of fused-ring (bicyclic) bond motifs is 1. The molecule has 0 aliphatic heterocycles. The summed E-state index contributed by atoms with van der Waals surface area (Å²) in [6.07, 6.45) is 7.48. The van der Waals surface area contributed by atoms with Crippen LogP contribution in [0.4, 0.5) is 0 Å². The van der Waals surface area contributed by atoms with Crippen LogP contribution in [-0.4, -0.2) is 38.0 Å². The number of aliphatic hydroxyl groups is 1. The van der Waals surface area contributed by atoms with Gasteiger partial charge in [0.15, 0.2) is 0 Å². The molecular weight excluding hydrogens is 440 g/mol. The Balaban J connectivity index is 1.58. The van der Waals surface area contributed by atoms with Crippen molar-refractivity contribution in [2.45, 2.75) is 70.3 Å². The van der Waals surface area contributed by atoms with E-state index in [1.165, 1.54) is 4.68 Å². The molecule has 5 rings (SSSR count). The van der Waals surface area contributed by atoms with Crippen LogP contribution in [0.25, 0.3) is 5.57 Å². The Hall–Kier alpha value is -2.44. The van der Waals surface area contributed by atoms with Gasteiger partial charge in [0.05, 0.1) is 34.0 Å². The fourth-order valence-electron chi connectivity index (χ4n) is 5.36. The Morgan fingerprint density at radius 1 is 1.18 bits per heavy atom. The number of carboxylic acids is 1. The highest BCUT2D eigenvalue weighted by Gasteiger charge is 2.35. The molecule has 1 aromatic heterocycles. The molecule has 1 saturated carbocycles. The lowest BCUT2D eigenvalue weighted by Crippen LogP contribution is -2.28. The van der Waals surface area contributed by atoms with Crippen LogP contribution >= 0.6 is 11.6 Å². The maximum Gasteiger partial charge on any atom is 0.306 e. The summed E-state index contributed by atoms with van der Waals surface area (Å²) in [4.78, 5) is 25.2. The maximum absolute atomic E-state index is 13.9. The number of nitrogens with zero attached hydrogens (tertiary/aromatic N) is 2. The van der Waals surface area contributed by atoms with E-state index in [1.807, 2.05) is 18.2 Å². The van der Waals surface area contributed by atoms with Crippen molar-refractivity contribution >= 4 is 29.1 Å². The van der Waals surface area contributed by atoms with Crippen molar-refractivity contribution in [3.63, 3.8) is 0 Å². The number of hydrogen-bond acceptors (Lipinski definition) is 4. The molecule has 1 aromatic carbocycles. The Labute approximate surface area is 198 Å². The number of carbonyl (C=O) groups is 2. The lowest BCUT2D eigenvalue weighted by molar-refractivity contribution is -0.141. The van der Waals surface area contributed by atoms with Gasteiger partial charge in [0.2, 0.25) is 0 Å². The maximum atomic E-state index is 13.9. The van der Waals surface area contributed by atoms with Crippen LogP contribution < -0.4 is 0 Å². The van der Waals surface area contributed by atoms with Crippen LogP contribution in [0.15, 0.2) is 24.3 Å². The van der Waals surface area contributed by atoms with Crippen LogP contribution in [0, 0.1) is 11.8 Å². The summed E-state index contributed by atoms with van der Waals surface area (Å²) in [6, 6.07) is 5.64. The third-order valence-corrected chi connectivity index (χ3v) is 7.84. The number of benzene rings is 1. The topological polar surface area (TPSA) is 92.4 Å². The molecule has 0 saturated heterocycles. The summed E-state index contributed by atoms with van der Waals surface area (Å²) >= 11 is 6.54. The first-order valence-electron chi connectivity index (χ1n) is 11.9. The van der Waals surface area contributed by atoms with Gasteiger partial charge in [0.1, 0.15) is 0 Å². The van der Waals surface area contributed by atoms with E-state index >= 15 is 0 Å². The largest absolute Gasteiger partial charge is 0.481 e. The molecule has 3 atom stereocenters. The predicted molar refractivity (Wildman–Crippen MR) is 126 cm³/mol. The van der Waals surface area contributed by atoms with Gasteiger partial charge in [-0.2, -0.15) is 9.78 Å². The van der Waals surface area contributed by atoms with E-state index in [9.17, 15) is 19.8 Å². The minimum absolute atomic E-state index is 0.0690. The van der Waals surface area contributed by atoms with Crippen molar-refractivity contribution in [3.8, 4) is 0 Å². The van der Waals surface area contributed by atoms with Crippen molar-refractivity contribution in [1.29, 1.82) is 0 Å². The summed E-state index contributed by atoms with van der Waals surface area (Å²) in [7, 11) is 0. The van der Waals surface area contributed by atoms with E-state index in [2.05, 4.69) is 0 Å². The van der Waals surface area contributed by atoms with Crippen LogP contribution in [-0.2, 0) is 17.6 Å². The van der Waals surface area contributed by atoms with Gasteiger partial charge < -0.3 is 10.2 Å². The number of hydrogen-bond donors (Lipinski definition) is 2. The number of aliphatic carboxylic acids is 1. The van der Waals surface area contributed by atoms with Crippen molar-refractivity contribution < 1.29 is 19.8 Å². The summed E-state index contributed by atoms with van der Waals surface area (Å²) < 4.78 is 1.52. The van der Waals surface area contributed by atoms with Crippen LogP contribution in [0.1, 0.15) is 84.2 Å². The second kappa shape index (κ2) is 8.73. The molecule has 6 nitrogen and oxygen atoms in total. The third kappa shape index (κ3) is 4.15. The van der Waals surface area contributed by atoms with E-state index in [1.54, 1.807) is 13.0 Å². The molecule has 3 aliphatic rings. The Kier molecular flexibility index (Phi) is 5.91. The van der Waals surface area contributed by atoms with Crippen molar-refractivity contribution in [2.75, 3.05) is 0 Å². The average Bonchev–Trinajstić information content (AvgIpc) is 3.58. The number of allylic oxidation sites excluding steroid dienone is 2. The molecule has 0 spiro atoms. The molecule has 174 valence electrons. The lowest BCUT2D eigenvalue weighted by atomic mass is 9.81. The zero-order chi connectivity index (χ0) is 23.3. The Bertz CT molecular complexity index is 1150. The molecule has 1 heterocycles. The highest BCUT2D eigenvalue weighted by atomic mass is 35.5. The first kappa shape index (κ1) is 22.4. The monoisotopic (exact) mass is 468 g/mol. The van der Waals surface area contributed by atoms with Crippen LogP contribution in [0.3, 0.4) is 0 Å². The Morgan fingerprint density at radius 3 is 2.61 bits per heavy atom. The molecule has 0 bridgehead atoms. The predicted octanol–water partition coefficient (Wildman–Crippen LogP) is 4.86. The van der Waals surface area contributed by atoms with Gasteiger partial charge >= 0.3 is 5.97 Å². The van der Waals surface area contributed by atoms with Gasteiger partial charge in [-0.1, -0.05) is 29.8 Å². The number of rotatable bonds is 5. The summed E-state index contributed by atoms with van der Waals surface area (Å²) in [5.41, 5.74) is 5.26. The summed E-state index contributed by atoms with van der Waals surface area (Å²) in [5.74, 6) is -0.903. The number of halogens is 1. The van der Waals surface area contributed by atoms with Gasteiger partial charge in [0, 0.05) is 5.56 Å². The summed E-state index contributed by atoms with van der Waals surface area (Å²) in [5, 5.41) is 24.9. The van der Waals surface area contributed by atoms with Crippen molar-refractivity contribution in [3.05, 3.63) is 57.4 Å². The minimum atomic E-state index is -0.765. The van der Waals surface area contributed by atoms with E-state index in [0.29, 0.717) is 42.2 Å². The Morgan fingerprint density at radius 2 is 1.97 bits per heavy atom. The SMILES string of the molecule is C[C@H](O)[C@@H]1CCc2c(C3=CCC(C(=O)O)CC3)nn(C(=O)c3c(Cl)cccc3C3CC3)c2C1. The highest BCUT2D eigenvalue weighted by molar-refractivity contribution is 6.34. The van der Waals surface area contributed by atoms with Crippen LogP contribution in [0.2, 0.25) is 5.02 Å². The van der Waals surface area contributed by atoms with E-state index in [4.69, 9.17) is 16.7 Å². The normalized spacial score (nSPS) is 23.5. The van der Waals surface area contributed by atoms with Gasteiger partial charge in [-0.15, -0.1) is 0 Å². The number of aliphatic hydroxyl groups excluding tert-OH is 1. The third-order valence-electron chi connectivity index (χ3n) is 7.53. The fourth-order valence-corrected chi connectivity index (χ4v) is 5.62. The average molecular weight is 469 g/mol. The van der Waals surface area contributed by atoms with Crippen molar-refractivity contribution in [2.24, 2.45) is 11.8 Å². The van der Waals surface area contributed by atoms with E-state index in [0.717, 1.165) is 53.8 Å². The van der Waals surface area contributed by atoms with Gasteiger partial charge in [-0.3, -0.25) is 9.59 Å². The quantitative estimate of drug-likeness (QED) is 0.654. The highest BCUT2D eigenvalue weighted by Crippen LogP contribution is 2.44. The molecule has 1 unspecified atom stereocenters. The smallest absolute Gasteiger partial charge is 0.306 e. The zero-order valence-corrected chi connectivity index (χ0v) is 19.5. The molecule has 33 heavy (non-hydrogen) atoms. The molecule has 7 heteroatoms. The molecule has 2 aromatic rings. The van der Waals surface area contributed by atoms with Gasteiger partial charge in [-0.05, 0) is 87.3 Å². The van der Waals surface area contributed by atoms with E-state index in [-0.39, 0.29) is 17.7 Å². The number of carboxylic acid groups (broad SMARTS) is 1. The first-order valence-corrected chi connectivity index (χ1v) is 12.3. The fraction of sp³-hybridized carbons (Fsp3) is 0.500. The second-order valence-corrected chi connectivity index (χ2v) is 10.2. The number of carbonyl (C=O) groups excluding carboxylic acids is 1. The molecule has 3 aliphatic carbocycles. The lowest BCUT2D eigenvalue weighted by Gasteiger charge is -2.26. The summed E-state index contributed by atoms with van der Waals surface area (Å²) in [6.45, 7) is 1.80. The minimum Gasteiger partial charge on any atom is -0.481 e. The van der Waals surface area contributed by atoms with Crippen LogP contribution in [0.5, 0.6) is 0 Å². The van der Waals surface area contributed by atoms with Gasteiger partial charge in [0.25, 0.3) is 5.91 Å². The zero-order valence-electron chi connectivity index (χ0n) is 18.8. The number of aromatic nitrogens is 2. The standard InChI is InChI=1S/C26H29ClN2O4/c1-14(30)18-11-12-20-22(13-18)29(28-24(20)16-7-9-17(10-8-16)26(32)33)25(31)23-19(15-5-6-15)3-2-4-21(23)27/h2-4,7,14-15,17-18,30H,5-6,8-13H2,1H3,(H,32,33)/t14-,17?,18+/m0/s1. The van der Waals surface area contributed by atoms with Crippen molar-refractivity contribution in [1.82, 2.24) is 9.78 Å². The molecule has 2 N–H and O–H groups in total. The second-order valence-electron chi connectivity index (χ2n) is 9.75.